The molecular weight excluding hydrogens is 274 g/mol. The first kappa shape index (κ1) is 14.9. The molecule has 3 N–H and O–H groups in total. The summed E-state index contributed by atoms with van der Waals surface area (Å²) in [7, 11) is 0. The monoisotopic (exact) mass is 287 g/mol. The van der Waals surface area contributed by atoms with Crippen LogP contribution in [0.25, 0.3) is 0 Å². The molecule has 1 amide bonds. The lowest BCUT2D eigenvalue weighted by Crippen LogP contribution is -2.12. The predicted octanol–water partition coefficient (Wildman–Crippen LogP) is 2.39. The summed E-state index contributed by atoms with van der Waals surface area (Å²) in [5.41, 5.74) is 6.37. The van der Waals surface area contributed by atoms with E-state index >= 15 is 0 Å². The fourth-order valence-electron chi connectivity index (χ4n) is 1.23. The van der Waals surface area contributed by atoms with Crippen LogP contribution in [0.2, 0.25) is 5.02 Å². The van der Waals surface area contributed by atoms with E-state index < -0.39 is 17.8 Å². The van der Waals surface area contributed by atoms with Gasteiger partial charge in [0.15, 0.2) is 0 Å². The van der Waals surface area contributed by atoms with Crippen LogP contribution in [0.15, 0.2) is 18.2 Å². The van der Waals surface area contributed by atoms with Crippen molar-refractivity contribution in [1.29, 1.82) is 0 Å². The fraction of sp³-hybridized carbons (Fsp3) is 0.333. The van der Waals surface area contributed by atoms with Crippen molar-refractivity contribution in [2.75, 3.05) is 5.75 Å². The van der Waals surface area contributed by atoms with Gasteiger partial charge in [-0.05, 0) is 17.7 Å². The number of thioether (sulfide) groups is 1. The Kier molecular flexibility index (Phi) is 5.50. The normalized spacial score (nSPS) is 12.1. The number of amides is 1. The van der Waals surface area contributed by atoms with Crippen molar-refractivity contribution in [3.63, 3.8) is 0 Å². The molecule has 18 heavy (non-hydrogen) atoms. The maximum Gasteiger partial charge on any atom is 0.307 e. The zero-order valence-electron chi connectivity index (χ0n) is 9.85. The number of benzene rings is 1. The van der Waals surface area contributed by atoms with Crippen molar-refractivity contribution >= 4 is 35.2 Å². The van der Waals surface area contributed by atoms with Crippen LogP contribution in [0.1, 0.15) is 22.8 Å². The van der Waals surface area contributed by atoms with Gasteiger partial charge in [0, 0.05) is 22.1 Å². The number of carboxylic acid groups (broad SMARTS) is 1. The third kappa shape index (κ3) is 4.23. The van der Waals surface area contributed by atoms with Crippen molar-refractivity contribution in [3.05, 3.63) is 34.3 Å². The number of carboxylic acids is 1. The number of halogens is 1. The molecule has 0 aliphatic heterocycles. The van der Waals surface area contributed by atoms with Crippen molar-refractivity contribution in [3.8, 4) is 0 Å². The smallest absolute Gasteiger partial charge is 0.307 e. The topological polar surface area (TPSA) is 80.4 Å². The molecule has 0 heterocycles. The van der Waals surface area contributed by atoms with Gasteiger partial charge >= 0.3 is 5.97 Å². The maximum absolute atomic E-state index is 10.9. The first-order valence-electron chi connectivity index (χ1n) is 5.30. The molecule has 1 aromatic carbocycles. The van der Waals surface area contributed by atoms with E-state index in [1.807, 2.05) is 0 Å². The highest BCUT2D eigenvalue weighted by Crippen LogP contribution is 2.23. The van der Waals surface area contributed by atoms with Gasteiger partial charge in [-0.15, -0.1) is 0 Å². The summed E-state index contributed by atoms with van der Waals surface area (Å²) in [5.74, 6) is -0.592. The Morgan fingerprint density at radius 3 is 2.67 bits per heavy atom. The molecule has 0 saturated carbocycles. The molecule has 0 fully saturated rings. The quantitative estimate of drug-likeness (QED) is 0.842. The molecule has 0 aliphatic carbocycles. The van der Waals surface area contributed by atoms with Crippen LogP contribution in [0.3, 0.4) is 0 Å². The highest BCUT2D eigenvalue weighted by Gasteiger charge is 2.11. The number of nitrogens with two attached hydrogens (primary N) is 1. The molecule has 0 spiro atoms. The average molecular weight is 288 g/mol. The molecule has 0 aliphatic rings. The van der Waals surface area contributed by atoms with Gasteiger partial charge in [-0.2, -0.15) is 11.8 Å². The molecule has 1 aromatic rings. The van der Waals surface area contributed by atoms with Crippen LogP contribution in [0.5, 0.6) is 0 Å². The van der Waals surface area contributed by atoms with Crippen LogP contribution in [0.4, 0.5) is 0 Å². The van der Waals surface area contributed by atoms with Crippen molar-refractivity contribution < 1.29 is 14.7 Å². The minimum Gasteiger partial charge on any atom is -0.481 e. The second-order valence-corrected chi connectivity index (χ2v) is 5.36. The Hall–Kier alpha value is -1.20. The molecule has 0 radical (unpaired) electrons. The molecule has 1 atom stereocenters. The van der Waals surface area contributed by atoms with Crippen LogP contribution < -0.4 is 5.73 Å². The third-order valence-electron chi connectivity index (χ3n) is 2.38. The summed E-state index contributed by atoms with van der Waals surface area (Å²) >= 11 is 7.50. The van der Waals surface area contributed by atoms with Crippen molar-refractivity contribution in [1.82, 2.24) is 0 Å². The van der Waals surface area contributed by atoms with Gasteiger partial charge in [0.2, 0.25) is 5.91 Å². The number of aliphatic carboxylic acids is 1. The lowest BCUT2D eigenvalue weighted by Gasteiger charge is -2.08. The van der Waals surface area contributed by atoms with E-state index in [9.17, 15) is 9.59 Å². The van der Waals surface area contributed by atoms with Gasteiger partial charge in [-0.1, -0.05) is 24.6 Å². The molecule has 1 rings (SSSR count). The fourth-order valence-corrected chi connectivity index (χ4v) is 2.65. The predicted molar refractivity (Wildman–Crippen MR) is 72.9 cm³/mol. The van der Waals surface area contributed by atoms with Crippen LogP contribution in [-0.2, 0) is 10.5 Å². The zero-order chi connectivity index (χ0) is 13.7. The summed E-state index contributed by atoms with van der Waals surface area (Å²) in [5, 5.41) is 9.21. The number of primary amides is 1. The largest absolute Gasteiger partial charge is 0.481 e. The number of hydrogen-bond donors (Lipinski definition) is 2. The highest BCUT2D eigenvalue weighted by molar-refractivity contribution is 7.98. The van der Waals surface area contributed by atoms with Gasteiger partial charge < -0.3 is 10.8 Å². The number of hydrogen-bond acceptors (Lipinski definition) is 3. The zero-order valence-corrected chi connectivity index (χ0v) is 11.4. The van der Waals surface area contributed by atoms with E-state index in [-0.39, 0.29) is 0 Å². The second kappa shape index (κ2) is 6.66. The minimum atomic E-state index is -0.808. The van der Waals surface area contributed by atoms with E-state index in [2.05, 4.69) is 0 Å². The SMILES string of the molecule is CC(CSCc1ccc(C(N)=O)cc1Cl)C(=O)O. The maximum atomic E-state index is 10.9. The average Bonchev–Trinajstić information content (AvgIpc) is 2.30. The van der Waals surface area contributed by atoms with Crippen LogP contribution in [0, 0.1) is 5.92 Å². The van der Waals surface area contributed by atoms with Gasteiger partial charge in [0.25, 0.3) is 0 Å². The van der Waals surface area contributed by atoms with Crippen molar-refractivity contribution in [2.24, 2.45) is 11.7 Å². The number of carbonyl (C=O) groups excluding carboxylic acids is 1. The number of carbonyl (C=O) groups is 2. The molecule has 0 saturated heterocycles. The molecule has 0 bridgehead atoms. The molecule has 0 aromatic heterocycles. The number of rotatable bonds is 6. The van der Waals surface area contributed by atoms with Gasteiger partial charge in [-0.3, -0.25) is 9.59 Å². The molecule has 98 valence electrons. The molecule has 1 unspecified atom stereocenters. The first-order valence-corrected chi connectivity index (χ1v) is 6.84. The van der Waals surface area contributed by atoms with Gasteiger partial charge in [0.1, 0.15) is 0 Å². The van der Waals surface area contributed by atoms with Crippen LogP contribution in [-0.4, -0.2) is 22.7 Å². The molecule has 4 nitrogen and oxygen atoms in total. The Balaban J connectivity index is 2.58. The van der Waals surface area contributed by atoms with E-state index in [1.165, 1.54) is 17.8 Å². The Labute approximate surface area is 115 Å². The lowest BCUT2D eigenvalue weighted by molar-refractivity contribution is -0.140. The third-order valence-corrected chi connectivity index (χ3v) is 3.99. The van der Waals surface area contributed by atoms with Gasteiger partial charge in [-0.25, -0.2) is 0 Å². The van der Waals surface area contributed by atoms with E-state index in [0.29, 0.717) is 22.1 Å². The van der Waals surface area contributed by atoms with E-state index in [1.54, 1.807) is 19.1 Å². The summed E-state index contributed by atoms with van der Waals surface area (Å²) < 4.78 is 0. The molecular formula is C12H14ClNO3S. The lowest BCUT2D eigenvalue weighted by atomic mass is 10.1. The Bertz CT molecular complexity index is 465. The standard InChI is InChI=1S/C12H14ClNO3S/c1-7(12(16)17)5-18-6-9-3-2-8(11(14)15)4-10(9)13/h2-4,7H,5-6H2,1H3,(H2,14,15)(H,16,17). The van der Waals surface area contributed by atoms with Gasteiger partial charge in [0.05, 0.1) is 5.92 Å². The summed E-state index contributed by atoms with van der Waals surface area (Å²) in [6.45, 7) is 1.66. The highest BCUT2D eigenvalue weighted by atomic mass is 35.5. The summed E-state index contributed by atoms with van der Waals surface area (Å²) in [6.07, 6.45) is 0. The van der Waals surface area contributed by atoms with Crippen LogP contribution >= 0.6 is 23.4 Å². The minimum absolute atomic E-state index is 0.368. The second-order valence-electron chi connectivity index (χ2n) is 3.92. The van der Waals surface area contributed by atoms with E-state index in [0.717, 1.165) is 5.56 Å². The first-order chi connectivity index (χ1) is 8.41. The van der Waals surface area contributed by atoms with E-state index in [4.69, 9.17) is 22.4 Å². The molecule has 6 heteroatoms. The Morgan fingerprint density at radius 2 is 2.17 bits per heavy atom. The van der Waals surface area contributed by atoms with Crippen molar-refractivity contribution in [2.45, 2.75) is 12.7 Å². The Morgan fingerprint density at radius 1 is 1.50 bits per heavy atom. The summed E-state index contributed by atoms with van der Waals surface area (Å²) in [6, 6.07) is 4.88. The summed E-state index contributed by atoms with van der Waals surface area (Å²) in [4.78, 5) is 21.6.